The maximum absolute atomic E-state index is 12.1. The topological polar surface area (TPSA) is 103 Å². The first-order valence-electron chi connectivity index (χ1n) is 12.3. The van der Waals surface area contributed by atoms with Gasteiger partial charge in [0.15, 0.2) is 6.79 Å². The fourth-order valence-corrected chi connectivity index (χ4v) is 4.25. The summed E-state index contributed by atoms with van der Waals surface area (Å²) in [7, 11) is -1.21. The molecule has 4 rings (SSSR count). The highest BCUT2D eigenvalue weighted by Gasteiger charge is 2.18. The van der Waals surface area contributed by atoms with Crippen molar-refractivity contribution >= 4 is 25.1 Å². The van der Waals surface area contributed by atoms with Crippen molar-refractivity contribution in [1.29, 1.82) is 0 Å². The quantitative estimate of drug-likeness (QED) is 0.108. The molecule has 0 N–H and O–H groups in total. The van der Waals surface area contributed by atoms with Gasteiger partial charge in [-0.1, -0.05) is 50.0 Å². The van der Waals surface area contributed by atoms with Gasteiger partial charge in [-0.25, -0.2) is 14.5 Å². The molecule has 0 bridgehead atoms. The number of hydrogen-bond donors (Lipinski definition) is 0. The van der Waals surface area contributed by atoms with Crippen LogP contribution in [0.25, 0.3) is 17.0 Å². The number of hydrogen-bond acceptors (Lipinski definition) is 8. The second-order valence-corrected chi connectivity index (χ2v) is 15.3. The number of carbonyl (C=O) groups excluding carboxylic acids is 1. The molecule has 0 unspecified atom stereocenters. The summed E-state index contributed by atoms with van der Waals surface area (Å²) in [6.45, 7) is 10.4. The highest BCUT2D eigenvalue weighted by Crippen LogP contribution is 2.25. The van der Waals surface area contributed by atoms with Gasteiger partial charge in [0.2, 0.25) is 5.88 Å². The van der Waals surface area contributed by atoms with Gasteiger partial charge >= 0.3 is 5.97 Å². The third-order valence-electron chi connectivity index (χ3n) is 5.48. The first-order chi connectivity index (χ1) is 17.8. The summed E-state index contributed by atoms with van der Waals surface area (Å²) in [5.41, 5.74) is 2.73. The second kappa shape index (κ2) is 12.1. The molecule has 10 nitrogen and oxygen atoms in total. The Kier molecular flexibility index (Phi) is 8.69. The lowest BCUT2D eigenvalue weighted by atomic mass is 10.2. The van der Waals surface area contributed by atoms with Crippen LogP contribution >= 0.6 is 0 Å². The average molecular weight is 524 g/mol. The number of aromatic nitrogens is 5. The maximum atomic E-state index is 12.1. The third kappa shape index (κ3) is 7.25. The fraction of sp³-hybridized carbons (Fsp3) is 0.385. The van der Waals surface area contributed by atoms with Crippen molar-refractivity contribution in [1.82, 2.24) is 24.3 Å². The van der Waals surface area contributed by atoms with Gasteiger partial charge in [0.05, 0.1) is 30.5 Å². The van der Waals surface area contributed by atoms with Gasteiger partial charge in [-0.3, -0.25) is 0 Å². The molecule has 0 aliphatic heterocycles. The van der Waals surface area contributed by atoms with Crippen molar-refractivity contribution in [3.63, 3.8) is 0 Å². The largest absolute Gasteiger partial charge is 0.462 e. The Morgan fingerprint density at radius 1 is 1.05 bits per heavy atom. The number of nitrogens with zero attached hydrogens (tertiary/aromatic N) is 5. The SMILES string of the molecule is CCOC(=O)c1cnn(-c2nc(OCOCC[Si](C)(C)C)c3c(ccn3COCc3ccccc3)n2)c1. The minimum absolute atomic E-state index is 0.0548. The molecular formula is C26H33N5O5Si. The van der Waals surface area contributed by atoms with Crippen molar-refractivity contribution in [2.75, 3.05) is 20.0 Å². The number of carbonyl (C=O) groups is 1. The molecule has 0 saturated heterocycles. The molecule has 4 aromatic rings. The summed E-state index contributed by atoms with van der Waals surface area (Å²) in [5.74, 6) is 0.154. The van der Waals surface area contributed by atoms with E-state index in [4.69, 9.17) is 18.9 Å². The van der Waals surface area contributed by atoms with Gasteiger partial charge in [0, 0.05) is 27.1 Å². The molecule has 0 spiro atoms. The lowest BCUT2D eigenvalue weighted by molar-refractivity contribution is 0.0194. The first-order valence-corrected chi connectivity index (χ1v) is 16.0. The molecule has 0 aliphatic carbocycles. The van der Waals surface area contributed by atoms with Crippen LogP contribution in [0.15, 0.2) is 55.0 Å². The van der Waals surface area contributed by atoms with Gasteiger partial charge in [-0.05, 0) is 24.6 Å². The van der Waals surface area contributed by atoms with E-state index in [0.29, 0.717) is 42.4 Å². The average Bonchev–Trinajstić information content (AvgIpc) is 3.52. The van der Waals surface area contributed by atoms with Crippen molar-refractivity contribution in [2.45, 2.75) is 45.9 Å². The standard InChI is InChI=1S/C26H33N5O5Si/c1-5-35-25(32)21-15-27-31(16-21)26-28-22-11-12-30(18-34-17-20-9-7-6-8-10-20)23(22)24(29-26)36-19-33-13-14-37(2,3)4/h6-12,15-16H,5,13-14,17-19H2,1-4H3. The van der Waals surface area contributed by atoms with Gasteiger partial charge in [0.1, 0.15) is 12.2 Å². The van der Waals surface area contributed by atoms with Gasteiger partial charge in [-0.15, -0.1) is 0 Å². The molecule has 0 atom stereocenters. The number of rotatable bonds is 13. The predicted molar refractivity (Wildman–Crippen MR) is 141 cm³/mol. The summed E-state index contributed by atoms with van der Waals surface area (Å²) in [6.07, 6.45) is 4.84. The van der Waals surface area contributed by atoms with Crippen LogP contribution in [0.2, 0.25) is 25.7 Å². The number of fused-ring (bicyclic) bond motifs is 1. The van der Waals surface area contributed by atoms with Crippen LogP contribution in [0, 0.1) is 0 Å². The van der Waals surface area contributed by atoms with Crippen LogP contribution in [-0.2, 0) is 27.5 Å². The van der Waals surface area contributed by atoms with E-state index in [2.05, 4.69) is 34.7 Å². The van der Waals surface area contributed by atoms with Crippen LogP contribution in [0.4, 0.5) is 0 Å². The molecule has 0 fully saturated rings. The van der Waals surface area contributed by atoms with Gasteiger partial charge in [0.25, 0.3) is 5.95 Å². The highest BCUT2D eigenvalue weighted by atomic mass is 28.3. The van der Waals surface area contributed by atoms with Crippen molar-refractivity contribution in [2.24, 2.45) is 0 Å². The maximum Gasteiger partial charge on any atom is 0.341 e. The predicted octanol–water partition coefficient (Wildman–Crippen LogP) is 4.66. The summed E-state index contributed by atoms with van der Waals surface area (Å²) in [5, 5.41) is 4.24. The van der Waals surface area contributed by atoms with Crippen LogP contribution in [0.1, 0.15) is 22.8 Å². The van der Waals surface area contributed by atoms with Crippen LogP contribution in [-0.4, -0.2) is 58.4 Å². The molecule has 11 heteroatoms. The Morgan fingerprint density at radius 3 is 2.62 bits per heavy atom. The summed E-state index contributed by atoms with van der Waals surface area (Å²) in [4.78, 5) is 21.3. The lowest BCUT2D eigenvalue weighted by Crippen LogP contribution is -2.22. The van der Waals surface area contributed by atoms with Gasteiger partial charge < -0.3 is 23.5 Å². The van der Waals surface area contributed by atoms with E-state index < -0.39 is 14.0 Å². The molecule has 37 heavy (non-hydrogen) atoms. The van der Waals surface area contributed by atoms with E-state index in [1.165, 1.54) is 17.1 Å². The molecule has 196 valence electrons. The summed E-state index contributed by atoms with van der Waals surface area (Å²) in [6, 6.07) is 12.9. The Bertz CT molecular complexity index is 1320. The Hall–Kier alpha value is -3.54. The third-order valence-corrected chi connectivity index (χ3v) is 7.19. The summed E-state index contributed by atoms with van der Waals surface area (Å²) < 4.78 is 26.0. The number of benzene rings is 1. The fourth-order valence-electron chi connectivity index (χ4n) is 3.49. The normalized spacial score (nSPS) is 11.7. The minimum atomic E-state index is -1.21. The monoisotopic (exact) mass is 523 g/mol. The lowest BCUT2D eigenvalue weighted by Gasteiger charge is -2.16. The summed E-state index contributed by atoms with van der Waals surface area (Å²) >= 11 is 0. The zero-order valence-corrected chi connectivity index (χ0v) is 22.7. The smallest absolute Gasteiger partial charge is 0.341 e. The number of ether oxygens (including phenoxy) is 4. The Morgan fingerprint density at radius 2 is 1.86 bits per heavy atom. The van der Waals surface area contributed by atoms with Crippen molar-refractivity contribution < 1.29 is 23.7 Å². The van der Waals surface area contributed by atoms with Crippen LogP contribution < -0.4 is 4.74 Å². The minimum Gasteiger partial charge on any atom is -0.462 e. The van der Waals surface area contributed by atoms with E-state index >= 15 is 0 Å². The molecule has 0 radical (unpaired) electrons. The van der Waals surface area contributed by atoms with E-state index in [-0.39, 0.29) is 19.3 Å². The zero-order valence-electron chi connectivity index (χ0n) is 21.7. The number of esters is 1. The van der Waals surface area contributed by atoms with Gasteiger partial charge in [-0.2, -0.15) is 10.1 Å². The molecule has 1 aromatic carbocycles. The molecule has 3 aromatic heterocycles. The second-order valence-electron chi connectivity index (χ2n) is 9.69. The van der Waals surface area contributed by atoms with Crippen LogP contribution in [0.3, 0.4) is 0 Å². The van der Waals surface area contributed by atoms with E-state index in [1.807, 2.05) is 47.2 Å². The highest BCUT2D eigenvalue weighted by molar-refractivity contribution is 6.76. The van der Waals surface area contributed by atoms with Crippen molar-refractivity contribution in [3.05, 3.63) is 66.1 Å². The molecule has 0 aliphatic rings. The van der Waals surface area contributed by atoms with Crippen molar-refractivity contribution in [3.8, 4) is 11.8 Å². The molecular weight excluding hydrogens is 490 g/mol. The van der Waals surface area contributed by atoms with E-state index in [9.17, 15) is 4.79 Å². The van der Waals surface area contributed by atoms with Crippen LogP contribution in [0.5, 0.6) is 5.88 Å². The van der Waals surface area contributed by atoms with E-state index in [1.54, 1.807) is 6.92 Å². The zero-order chi connectivity index (χ0) is 26.3. The molecule has 0 saturated carbocycles. The first kappa shape index (κ1) is 26.5. The Balaban J connectivity index is 1.56. The van der Waals surface area contributed by atoms with E-state index in [0.717, 1.165) is 11.6 Å². The molecule has 3 heterocycles. The Labute approximate surface area is 217 Å². The molecule has 0 amide bonds.